The molecule has 0 aliphatic rings. The summed E-state index contributed by atoms with van der Waals surface area (Å²) in [4.78, 5) is 4.25. The third-order valence-corrected chi connectivity index (χ3v) is 3.59. The molecule has 0 atom stereocenters. The second kappa shape index (κ2) is 6.35. The van der Waals surface area contributed by atoms with Crippen molar-refractivity contribution in [3.05, 3.63) is 65.5 Å². The minimum atomic E-state index is -4.34. The topological polar surface area (TPSA) is 53.6 Å². The van der Waals surface area contributed by atoms with E-state index >= 15 is 0 Å². The number of pyridine rings is 1. The number of nitrogens with zero attached hydrogens (tertiary/aromatic N) is 2. The third-order valence-electron chi connectivity index (χ3n) is 3.59. The molecule has 124 valence electrons. The van der Waals surface area contributed by atoms with Crippen molar-refractivity contribution in [3.8, 4) is 11.3 Å². The summed E-state index contributed by atoms with van der Waals surface area (Å²) >= 11 is 0. The molecular formula is C17H15F3N4. The van der Waals surface area contributed by atoms with Crippen molar-refractivity contribution in [2.45, 2.75) is 19.6 Å². The summed E-state index contributed by atoms with van der Waals surface area (Å²) in [6.45, 7) is 2.42. The molecule has 4 nitrogen and oxygen atoms in total. The largest absolute Gasteiger partial charge is 0.416 e. The molecule has 0 fully saturated rings. The predicted molar refractivity (Wildman–Crippen MR) is 85.3 cm³/mol. The van der Waals surface area contributed by atoms with E-state index < -0.39 is 11.7 Å². The Kier molecular flexibility index (Phi) is 4.24. The first-order valence-corrected chi connectivity index (χ1v) is 7.30. The average molecular weight is 332 g/mol. The van der Waals surface area contributed by atoms with E-state index in [0.717, 1.165) is 29.1 Å². The maximum Gasteiger partial charge on any atom is 0.416 e. The molecule has 3 aromatic rings. The van der Waals surface area contributed by atoms with Crippen LogP contribution in [-0.2, 0) is 12.7 Å². The van der Waals surface area contributed by atoms with Crippen LogP contribution in [0.2, 0.25) is 0 Å². The Morgan fingerprint density at radius 3 is 2.42 bits per heavy atom. The molecule has 0 bridgehead atoms. The Morgan fingerprint density at radius 2 is 1.79 bits per heavy atom. The number of rotatable bonds is 4. The maximum atomic E-state index is 12.6. The maximum absolute atomic E-state index is 12.6. The fourth-order valence-corrected chi connectivity index (χ4v) is 2.28. The molecule has 0 unspecified atom stereocenters. The van der Waals surface area contributed by atoms with Gasteiger partial charge in [-0.3, -0.25) is 5.10 Å². The summed E-state index contributed by atoms with van der Waals surface area (Å²) in [6.07, 6.45) is -0.934. The van der Waals surface area contributed by atoms with Gasteiger partial charge in [-0.05, 0) is 36.2 Å². The second-order valence-electron chi connectivity index (χ2n) is 5.42. The van der Waals surface area contributed by atoms with E-state index in [2.05, 4.69) is 20.5 Å². The molecule has 0 spiro atoms. The van der Waals surface area contributed by atoms with E-state index in [1.165, 1.54) is 12.1 Å². The molecular weight excluding hydrogens is 317 g/mol. The molecule has 2 heterocycles. The standard InChI is InChI=1S/C17H15F3N4/c1-11-2-7-15(21-8-11)22-9-13-10-23-24-16(13)12-3-5-14(6-4-12)17(18,19)20/h2-8,10H,9H2,1H3,(H,21,22)(H,23,24). The number of nitrogens with one attached hydrogen (secondary N) is 2. The van der Waals surface area contributed by atoms with Crippen LogP contribution in [-0.4, -0.2) is 15.2 Å². The number of aromatic amines is 1. The van der Waals surface area contributed by atoms with Gasteiger partial charge >= 0.3 is 6.18 Å². The Morgan fingerprint density at radius 1 is 1.04 bits per heavy atom. The molecule has 7 heteroatoms. The molecule has 1 aromatic carbocycles. The van der Waals surface area contributed by atoms with Gasteiger partial charge in [0.05, 0.1) is 17.5 Å². The predicted octanol–water partition coefficient (Wildman–Crippen LogP) is 4.41. The SMILES string of the molecule is Cc1ccc(NCc2cn[nH]c2-c2ccc(C(F)(F)F)cc2)nc1. The lowest BCUT2D eigenvalue weighted by Crippen LogP contribution is -2.04. The number of aromatic nitrogens is 3. The van der Waals surface area contributed by atoms with Crippen molar-refractivity contribution < 1.29 is 13.2 Å². The molecule has 0 amide bonds. The first-order valence-electron chi connectivity index (χ1n) is 7.30. The van der Waals surface area contributed by atoms with Crippen LogP contribution < -0.4 is 5.32 Å². The number of benzene rings is 1. The summed E-state index contributed by atoms with van der Waals surface area (Å²) in [7, 11) is 0. The van der Waals surface area contributed by atoms with Crippen molar-refractivity contribution >= 4 is 5.82 Å². The van der Waals surface area contributed by atoms with Crippen LogP contribution >= 0.6 is 0 Å². The van der Waals surface area contributed by atoms with Crippen LogP contribution in [0.5, 0.6) is 0 Å². The fraction of sp³-hybridized carbons (Fsp3) is 0.176. The first-order chi connectivity index (χ1) is 11.4. The Hall–Kier alpha value is -2.83. The average Bonchev–Trinajstić information content (AvgIpc) is 3.02. The van der Waals surface area contributed by atoms with Crippen LogP contribution in [0.3, 0.4) is 0 Å². The second-order valence-corrected chi connectivity index (χ2v) is 5.42. The van der Waals surface area contributed by atoms with E-state index in [1.807, 2.05) is 19.1 Å². The lowest BCUT2D eigenvalue weighted by molar-refractivity contribution is -0.137. The van der Waals surface area contributed by atoms with Gasteiger partial charge < -0.3 is 5.32 Å². The van der Waals surface area contributed by atoms with Gasteiger partial charge in [0, 0.05) is 18.3 Å². The highest BCUT2D eigenvalue weighted by Crippen LogP contribution is 2.31. The van der Waals surface area contributed by atoms with Gasteiger partial charge in [-0.25, -0.2) is 4.98 Å². The number of hydrogen-bond donors (Lipinski definition) is 2. The zero-order chi connectivity index (χ0) is 17.2. The minimum absolute atomic E-state index is 0.461. The van der Waals surface area contributed by atoms with Crippen LogP contribution in [0.1, 0.15) is 16.7 Å². The number of aryl methyl sites for hydroxylation is 1. The molecule has 24 heavy (non-hydrogen) atoms. The van der Waals surface area contributed by atoms with Crippen LogP contribution in [0.4, 0.5) is 19.0 Å². The smallest absolute Gasteiger partial charge is 0.366 e. The summed E-state index contributed by atoms with van der Waals surface area (Å²) in [5.74, 6) is 0.722. The quantitative estimate of drug-likeness (QED) is 0.744. The molecule has 0 radical (unpaired) electrons. The zero-order valence-electron chi connectivity index (χ0n) is 12.9. The molecule has 2 aromatic heterocycles. The zero-order valence-corrected chi connectivity index (χ0v) is 12.9. The highest BCUT2D eigenvalue weighted by Gasteiger charge is 2.30. The highest BCUT2D eigenvalue weighted by molar-refractivity contribution is 5.63. The van der Waals surface area contributed by atoms with Gasteiger partial charge in [-0.15, -0.1) is 0 Å². The molecule has 3 rings (SSSR count). The number of H-pyrrole nitrogens is 1. The first kappa shape index (κ1) is 16.0. The summed E-state index contributed by atoms with van der Waals surface area (Å²) in [6, 6.07) is 8.81. The molecule has 0 saturated heterocycles. The number of hydrogen-bond acceptors (Lipinski definition) is 3. The van der Waals surface area contributed by atoms with Gasteiger partial charge in [0.1, 0.15) is 5.82 Å². The molecule has 0 aliphatic heterocycles. The van der Waals surface area contributed by atoms with E-state index in [1.54, 1.807) is 12.4 Å². The fourth-order valence-electron chi connectivity index (χ4n) is 2.28. The summed E-state index contributed by atoms with van der Waals surface area (Å²) in [5.41, 5.74) is 2.57. The lowest BCUT2D eigenvalue weighted by Gasteiger charge is -2.09. The molecule has 0 saturated carbocycles. The highest BCUT2D eigenvalue weighted by atomic mass is 19.4. The van der Waals surface area contributed by atoms with E-state index in [-0.39, 0.29) is 0 Å². The monoisotopic (exact) mass is 332 g/mol. The van der Waals surface area contributed by atoms with Gasteiger partial charge in [-0.2, -0.15) is 18.3 Å². The van der Waals surface area contributed by atoms with E-state index in [0.29, 0.717) is 17.8 Å². The van der Waals surface area contributed by atoms with Crippen LogP contribution in [0, 0.1) is 6.92 Å². The van der Waals surface area contributed by atoms with Crippen molar-refractivity contribution in [1.82, 2.24) is 15.2 Å². The summed E-state index contributed by atoms with van der Waals surface area (Å²) < 4.78 is 37.9. The van der Waals surface area contributed by atoms with Crippen LogP contribution in [0.25, 0.3) is 11.3 Å². The van der Waals surface area contributed by atoms with Crippen molar-refractivity contribution in [2.75, 3.05) is 5.32 Å². The van der Waals surface area contributed by atoms with Gasteiger partial charge in [0.2, 0.25) is 0 Å². The van der Waals surface area contributed by atoms with Crippen LogP contribution in [0.15, 0.2) is 48.8 Å². The number of anilines is 1. The number of alkyl halides is 3. The minimum Gasteiger partial charge on any atom is -0.366 e. The van der Waals surface area contributed by atoms with Crippen molar-refractivity contribution in [1.29, 1.82) is 0 Å². The van der Waals surface area contributed by atoms with E-state index in [4.69, 9.17) is 0 Å². The normalized spacial score (nSPS) is 11.5. The Bertz CT molecular complexity index is 805. The Labute approximate surface area is 136 Å². The third kappa shape index (κ3) is 3.56. The van der Waals surface area contributed by atoms with Gasteiger partial charge in [-0.1, -0.05) is 18.2 Å². The molecule has 0 aliphatic carbocycles. The van der Waals surface area contributed by atoms with Crippen molar-refractivity contribution in [3.63, 3.8) is 0 Å². The molecule has 2 N–H and O–H groups in total. The lowest BCUT2D eigenvalue weighted by atomic mass is 10.1. The van der Waals surface area contributed by atoms with Gasteiger partial charge in [0.15, 0.2) is 0 Å². The van der Waals surface area contributed by atoms with Crippen molar-refractivity contribution in [2.24, 2.45) is 0 Å². The van der Waals surface area contributed by atoms with E-state index in [9.17, 15) is 13.2 Å². The Balaban J connectivity index is 1.76. The number of halogens is 3. The summed E-state index contributed by atoms with van der Waals surface area (Å²) in [5, 5.41) is 9.99. The van der Waals surface area contributed by atoms with Gasteiger partial charge in [0.25, 0.3) is 0 Å².